The Balaban J connectivity index is 2.10. The summed E-state index contributed by atoms with van der Waals surface area (Å²) in [6.07, 6.45) is 2.34. The number of ether oxygens (including phenoxy) is 1. The highest BCUT2D eigenvalue weighted by atomic mass is 35.5. The fourth-order valence-corrected chi connectivity index (χ4v) is 2.35. The SMILES string of the molecule is COc1cc(Cl)ccc1-c1nc(Cl)cc(C2CC2)n1. The Labute approximate surface area is 121 Å². The lowest BCUT2D eigenvalue weighted by molar-refractivity contribution is 0.416. The highest BCUT2D eigenvalue weighted by Crippen LogP contribution is 2.40. The Morgan fingerprint density at radius 1 is 1.16 bits per heavy atom. The van der Waals surface area contributed by atoms with Crippen LogP contribution in [0.25, 0.3) is 11.4 Å². The molecule has 0 aliphatic heterocycles. The molecule has 0 bridgehead atoms. The van der Waals surface area contributed by atoms with Crippen molar-refractivity contribution in [1.82, 2.24) is 9.97 Å². The van der Waals surface area contributed by atoms with E-state index in [1.54, 1.807) is 19.2 Å². The molecule has 1 aliphatic rings. The van der Waals surface area contributed by atoms with E-state index < -0.39 is 0 Å². The maximum Gasteiger partial charge on any atom is 0.164 e. The Kier molecular flexibility index (Phi) is 3.33. The number of halogens is 2. The summed E-state index contributed by atoms with van der Waals surface area (Å²) in [5.74, 6) is 1.76. The molecule has 0 radical (unpaired) electrons. The summed E-state index contributed by atoms with van der Waals surface area (Å²) in [6.45, 7) is 0. The molecule has 0 spiro atoms. The van der Waals surface area contributed by atoms with Gasteiger partial charge in [0.2, 0.25) is 0 Å². The van der Waals surface area contributed by atoms with Crippen molar-refractivity contribution in [2.75, 3.05) is 7.11 Å². The summed E-state index contributed by atoms with van der Waals surface area (Å²) >= 11 is 12.0. The van der Waals surface area contributed by atoms with E-state index in [1.165, 1.54) is 12.8 Å². The maximum atomic E-state index is 6.08. The second-order valence-corrected chi connectivity index (χ2v) is 5.38. The van der Waals surface area contributed by atoms with E-state index in [2.05, 4.69) is 9.97 Å². The molecule has 3 rings (SSSR count). The molecule has 0 saturated heterocycles. The van der Waals surface area contributed by atoms with Gasteiger partial charge in [-0.05, 0) is 37.1 Å². The van der Waals surface area contributed by atoms with Crippen LogP contribution in [-0.4, -0.2) is 17.1 Å². The second-order valence-electron chi connectivity index (χ2n) is 4.56. The summed E-state index contributed by atoms with van der Waals surface area (Å²) in [6, 6.07) is 7.23. The maximum absolute atomic E-state index is 6.08. The molecule has 19 heavy (non-hydrogen) atoms. The Morgan fingerprint density at radius 2 is 1.95 bits per heavy atom. The van der Waals surface area contributed by atoms with Gasteiger partial charge in [-0.15, -0.1) is 0 Å². The number of nitrogens with zero attached hydrogens (tertiary/aromatic N) is 2. The van der Waals surface area contributed by atoms with Gasteiger partial charge in [-0.1, -0.05) is 23.2 Å². The molecule has 0 atom stereocenters. The summed E-state index contributed by atoms with van der Waals surface area (Å²) in [4.78, 5) is 8.87. The molecule has 2 aromatic rings. The number of aromatic nitrogens is 2. The first-order valence-corrected chi connectivity index (χ1v) is 6.81. The molecule has 0 amide bonds. The fraction of sp³-hybridized carbons (Fsp3) is 0.286. The molecule has 0 unspecified atom stereocenters. The predicted octanol–water partition coefficient (Wildman–Crippen LogP) is 4.34. The van der Waals surface area contributed by atoms with Crippen molar-refractivity contribution in [2.45, 2.75) is 18.8 Å². The van der Waals surface area contributed by atoms with Crippen molar-refractivity contribution in [1.29, 1.82) is 0 Å². The monoisotopic (exact) mass is 294 g/mol. The minimum atomic E-state index is 0.462. The van der Waals surface area contributed by atoms with E-state index in [4.69, 9.17) is 27.9 Å². The molecule has 1 aromatic heterocycles. The summed E-state index contributed by atoms with van der Waals surface area (Å²) < 4.78 is 5.33. The zero-order valence-electron chi connectivity index (χ0n) is 10.4. The standard InChI is InChI=1S/C14H12Cl2N2O/c1-19-12-6-9(15)4-5-10(12)14-17-11(8-2-3-8)7-13(16)18-14/h4-8H,2-3H2,1H3. The van der Waals surface area contributed by atoms with Gasteiger partial charge in [-0.2, -0.15) is 0 Å². The van der Waals surface area contributed by atoms with Crippen LogP contribution >= 0.6 is 23.2 Å². The van der Waals surface area contributed by atoms with Gasteiger partial charge in [0.05, 0.1) is 12.7 Å². The molecular weight excluding hydrogens is 283 g/mol. The van der Waals surface area contributed by atoms with Gasteiger partial charge < -0.3 is 4.74 Å². The van der Waals surface area contributed by atoms with E-state index in [0.29, 0.717) is 27.7 Å². The van der Waals surface area contributed by atoms with Crippen LogP contribution in [0.2, 0.25) is 10.2 Å². The van der Waals surface area contributed by atoms with Gasteiger partial charge in [0.15, 0.2) is 5.82 Å². The highest BCUT2D eigenvalue weighted by molar-refractivity contribution is 6.31. The lowest BCUT2D eigenvalue weighted by atomic mass is 10.1. The Hall–Kier alpha value is -1.32. The largest absolute Gasteiger partial charge is 0.496 e. The van der Waals surface area contributed by atoms with Gasteiger partial charge in [0.1, 0.15) is 10.9 Å². The van der Waals surface area contributed by atoms with Crippen LogP contribution in [0, 0.1) is 0 Å². The van der Waals surface area contributed by atoms with Crippen LogP contribution in [0.4, 0.5) is 0 Å². The first kappa shape index (κ1) is 12.7. The Morgan fingerprint density at radius 3 is 2.63 bits per heavy atom. The minimum Gasteiger partial charge on any atom is -0.496 e. The molecule has 5 heteroatoms. The first-order valence-electron chi connectivity index (χ1n) is 6.06. The van der Waals surface area contributed by atoms with Crippen LogP contribution in [0.3, 0.4) is 0 Å². The lowest BCUT2D eigenvalue weighted by Gasteiger charge is -2.09. The van der Waals surface area contributed by atoms with Crippen molar-refractivity contribution in [3.63, 3.8) is 0 Å². The summed E-state index contributed by atoms with van der Waals surface area (Å²) in [7, 11) is 1.60. The zero-order valence-corrected chi connectivity index (χ0v) is 11.9. The number of benzene rings is 1. The van der Waals surface area contributed by atoms with E-state index in [0.717, 1.165) is 11.3 Å². The third kappa shape index (κ3) is 2.67. The first-order chi connectivity index (χ1) is 9.17. The molecule has 3 nitrogen and oxygen atoms in total. The van der Waals surface area contributed by atoms with E-state index in [-0.39, 0.29) is 0 Å². The van der Waals surface area contributed by atoms with Gasteiger partial charge in [0, 0.05) is 16.6 Å². The van der Waals surface area contributed by atoms with Crippen LogP contribution in [0.15, 0.2) is 24.3 Å². The highest BCUT2D eigenvalue weighted by Gasteiger charge is 2.26. The van der Waals surface area contributed by atoms with E-state index >= 15 is 0 Å². The smallest absolute Gasteiger partial charge is 0.164 e. The number of methoxy groups -OCH3 is 1. The Bertz CT molecular complexity index is 627. The normalized spacial score (nSPS) is 14.5. The fourth-order valence-electron chi connectivity index (χ4n) is 1.99. The zero-order chi connectivity index (χ0) is 13.4. The van der Waals surface area contributed by atoms with Crippen LogP contribution in [0.5, 0.6) is 5.75 Å². The summed E-state index contributed by atoms with van der Waals surface area (Å²) in [5.41, 5.74) is 1.81. The molecule has 1 saturated carbocycles. The topological polar surface area (TPSA) is 35.0 Å². The van der Waals surface area contributed by atoms with E-state index in [1.807, 2.05) is 12.1 Å². The van der Waals surface area contributed by atoms with Gasteiger partial charge in [-0.25, -0.2) is 9.97 Å². The average Bonchev–Trinajstić information content (AvgIpc) is 3.22. The quantitative estimate of drug-likeness (QED) is 0.790. The van der Waals surface area contributed by atoms with Crippen molar-refractivity contribution in [3.8, 4) is 17.1 Å². The average molecular weight is 295 g/mol. The third-order valence-electron chi connectivity index (χ3n) is 3.11. The van der Waals surface area contributed by atoms with Crippen molar-refractivity contribution >= 4 is 23.2 Å². The van der Waals surface area contributed by atoms with E-state index in [9.17, 15) is 0 Å². The molecule has 98 valence electrons. The molecule has 1 heterocycles. The predicted molar refractivity (Wildman–Crippen MR) is 76.0 cm³/mol. The van der Waals surface area contributed by atoms with Crippen LogP contribution in [-0.2, 0) is 0 Å². The van der Waals surface area contributed by atoms with Crippen molar-refractivity contribution < 1.29 is 4.74 Å². The minimum absolute atomic E-state index is 0.462. The second kappa shape index (κ2) is 4.99. The number of hydrogen-bond acceptors (Lipinski definition) is 3. The van der Waals surface area contributed by atoms with Gasteiger partial charge >= 0.3 is 0 Å². The van der Waals surface area contributed by atoms with Crippen LogP contribution < -0.4 is 4.74 Å². The molecule has 1 fully saturated rings. The van der Waals surface area contributed by atoms with Crippen molar-refractivity contribution in [2.24, 2.45) is 0 Å². The molecule has 0 N–H and O–H groups in total. The molecule has 1 aromatic carbocycles. The van der Waals surface area contributed by atoms with Gasteiger partial charge in [0.25, 0.3) is 0 Å². The lowest BCUT2D eigenvalue weighted by Crippen LogP contribution is -1.97. The van der Waals surface area contributed by atoms with Gasteiger partial charge in [-0.3, -0.25) is 0 Å². The third-order valence-corrected chi connectivity index (χ3v) is 3.54. The molecular formula is C14H12Cl2N2O. The van der Waals surface area contributed by atoms with Crippen molar-refractivity contribution in [3.05, 3.63) is 40.1 Å². The van der Waals surface area contributed by atoms with Crippen LogP contribution in [0.1, 0.15) is 24.5 Å². The summed E-state index contributed by atoms with van der Waals surface area (Å²) in [5, 5.41) is 1.08. The number of rotatable bonds is 3. The molecule has 1 aliphatic carbocycles. The number of hydrogen-bond donors (Lipinski definition) is 0.